The van der Waals surface area contributed by atoms with Crippen LogP contribution in [0.2, 0.25) is 0 Å². The van der Waals surface area contributed by atoms with Gasteiger partial charge in [0.2, 0.25) is 0 Å². The van der Waals surface area contributed by atoms with Crippen LogP contribution in [-0.2, 0) is 22.4 Å². The van der Waals surface area contributed by atoms with Gasteiger partial charge in [-0.3, -0.25) is 4.79 Å². The molecule has 0 saturated carbocycles. The molecule has 0 aliphatic heterocycles. The number of hydrogen-bond acceptors (Lipinski definition) is 3. The van der Waals surface area contributed by atoms with Crippen molar-refractivity contribution in [1.82, 2.24) is 5.32 Å². The van der Waals surface area contributed by atoms with E-state index in [-0.39, 0.29) is 6.04 Å². The van der Waals surface area contributed by atoms with Gasteiger partial charge in [-0.1, -0.05) is 24.3 Å². The number of hydrogen-bond donors (Lipinski definition) is 1. The van der Waals surface area contributed by atoms with Gasteiger partial charge in [-0.2, -0.15) is 0 Å². The van der Waals surface area contributed by atoms with Gasteiger partial charge in [0.1, 0.15) is 17.2 Å². The average molecular weight is 373 g/mol. The summed E-state index contributed by atoms with van der Waals surface area (Å²) in [5.74, 6) is -3.79. The van der Waals surface area contributed by atoms with E-state index in [0.717, 1.165) is 36.6 Å². The first kappa shape index (κ1) is 19.0. The Bertz CT molecular complexity index is 846. The molecule has 0 unspecified atom stereocenters. The lowest BCUT2D eigenvalue weighted by molar-refractivity contribution is -0.124. The Morgan fingerprint density at radius 3 is 2.44 bits per heavy atom. The summed E-state index contributed by atoms with van der Waals surface area (Å²) < 4.78 is 31.9. The van der Waals surface area contributed by atoms with Crippen molar-refractivity contribution in [2.75, 3.05) is 6.61 Å². The number of carbonyl (C=O) groups excluding carboxylic acids is 2. The second-order valence-corrected chi connectivity index (χ2v) is 6.70. The third kappa shape index (κ3) is 4.51. The molecule has 0 radical (unpaired) electrons. The lowest BCUT2D eigenvalue weighted by Gasteiger charge is -2.20. The Labute approximate surface area is 156 Å². The predicted octanol–water partition coefficient (Wildman–Crippen LogP) is 3.88. The third-order valence-electron chi connectivity index (χ3n) is 4.75. The molecule has 3 rings (SSSR count). The number of rotatable bonds is 5. The Morgan fingerprint density at radius 1 is 1.07 bits per heavy atom. The zero-order chi connectivity index (χ0) is 19.4. The molecular weight excluding hydrogens is 352 g/mol. The lowest BCUT2D eigenvalue weighted by Crippen LogP contribution is -2.31. The van der Waals surface area contributed by atoms with Crippen molar-refractivity contribution in [1.29, 1.82) is 0 Å². The molecule has 1 N–H and O–H groups in total. The van der Waals surface area contributed by atoms with E-state index in [1.807, 2.05) is 13.0 Å². The maximum atomic E-state index is 13.6. The van der Waals surface area contributed by atoms with Crippen LogP contribution in [0, 0.1) is 11.6 Å². The number of benzene rings is 2. The topological polar surface area (TPSA) is 55.4 Å². The van der Waals surface area contributed by atoms with Gasteiger partial charge < -0.3 is 10.1 Å². The highest BCUT2D eigenvalue weighted by Crippen LogP contribution is 2.24. The Kier molecular flexibility index (Phi) is 5.84. The van der Waals surface area contributed by atoms with Crippen molar-refractivity contribution in [2.24, 2.45) is 0 Å². The molecule has 0 heterocycles. The van der Waals surface area contributed by atoms with Gasteiger partial charge in [0.25, 0.3) is 5.91 Å². The molecule has 0 saturated heterocycles. The molecule has 1 aliphatic carbocycles. The van der Waals surface area contributed by atoms with Crippen LogP contribution in [0.25, 0.3) is 0 Å². The molecule has 27 heavy (non-hydrogen) atoms. The minimum absolute atomic E-state index is 0.270. The van der Waals surface area contributed by atoms with Crippen molar-refractivity contribution in [3.63, 3.8) is 0 Å². The number of carbonyl (C=O) groups is 2. The quantitative estimate of drug-likeness (QED) is 0.810. The molecule has 1 aliphatic rings. The van der Waals surface area contributed by atoms with E-state index in [2.05, 4.69) is 17.4 Å². The Hall–Kier alpha value is -2.76. The molecule has 2 aromatic carbocycles. The summed E-state index contributed by atoms with van der Waals surface area (Å²) in [7, 11) is 0. The zero-order valence-electron chi connectivity index (χ0n) is 15.1. The van der Waals surface area contributed by atoms with E-state index in [1.165, 1.54) is 24.0 Å². The predicted molar refractivity (Wildman–Crippen MR) is 96.3 cm³/mol. The molecule has 0 fully saturated rings. The molecule has 1 atom stereocenters. The summed E-state index contributed by atoms with van der Waals surface area (Å²) in [4.78, 5) is 23.9. The Balaban J connectivity index is 1.57. The van der Waals surface area contributed by atoms with E-state index >= 15 is 0 Å². The van der Waals surface area contributed by atoms with Crippen LogP contribution in [0.4, 0.5) is 8.78 Å². The van der Waals surface area contributed by atoms with Crippen molar-refractivity contribution >= 4 is 11.9 Å². The second kappa shape index (κ2) is 8.29. The Morgan fingerprint density at radius 2 is 1.74 bits per heavy atom. The molecule has 4 nitrogen and oxygen atoms in total. The highest BCUT2D eigenvalue weighted by Gasteiger charge is 2.20. The summed E-state index contributed by atoms with van der Waals surface area (Å²) >= 11 is 0. The summed E-state index contributed by atoms with van der Waals surface area (Å²) in [6.07, 6.45) is 4.49. The maximum Gasteiger partial charge on any atom is 0.344 e. The lowest BCUT2D eigenvalue weighted by atomic mass is 9.89. The first-order valence-electron chi connectivity index (χ1n) is 8.98. The first-order valence-corrected chi connectivity index (χ1v) is 8.98. The van der Waals surface area contributed by atoms with Crippen LogP contribution < -0.4 is 5.32 Å². The van der Waals surface area contributed by atoms with Crippen LogP contribution >= 0.6 is 0 Å². The number of esters is 1. The van der Waals surface area contributed by atoms with Gasteiger partial charge in [0.05, 0.1) is 6.04 Å². The monoisotopic (exact) mass is 373 g/mol. The van der Waals surface area contributed by atoms with E-state index < -0.39 is 35.7 Å². The van der Waals surface area contributed by atoms with Crippen LogP contribution in [-0.4, -0.2) is 18.5 Å². The van der Waals surface area contributed by atoms with E-state index in [9.17, 15) is 18.4 Å². The molecule has 142 valence electrons. The largest absolute Gasteiger partial charge is 0.452 e. The van der Waals surface area contributed by atoms with Gasteiger partial charge in [-0.25, -0.2) is 13.6 Å². The van der Waals surface area contributed by atoms with Gasteiger partial charge in [0, 0.05) is 0 Å². The normalized spacial score (nSPS) is 14.2. The molecule has 0 spiro atoms. The number of ether oxygens (including phenoxy) is 1. The SMILES string of the molecule is C[C@H](NC(=O)COC(=O)c1c(F)cccc1F)c1ccc2c(c1)CCCC2. The summed E-state index contributed by atoms with van der Waals surface area (Å²) in [6.45, 7) is 1.22. The molecular formula is C21H21F2NO3. The minimum Gasteiger partial charge on any atom is -0.452 e. The number of amides is 1. The van der Waals surface area contributed by atoms with Gasteiger partial charge in [0.15, 0.2) is 6.61 Å². The number of halogens is 2. The van der Waals surface area contributed by atoms with Crippen LogP contribution in [0.5, 0.6) is 0 Å². The third-order valence-corrected chi connectivity index (χ3v) is 4.75. The fourth-order valence-electron chi connectivity index (χ4n) is 3.29. The van der Waals surface area contributed by atoms with Crippen LogP contribution in [0.1, 0.15) is 52.9 Å². The van der Waals surface area contributed by atoms with Crippen molar-refractivity contribution in [2.45, 2.75) is 38.6 Å². The number of fused-ring (bicyclic) bond motifs is 1. The van der Waals surface area contributed by atoms with Crippen molar-refractivity contribution < 1.29 is 23.1 Å². The van der Waals surface area contributed by atoms with Crippen molar-refractivity contribution in [3.8, 4) is 0 Å². The zero-order valence-corrected chi connectivity index (χ0v) is 15.1. The standard InChI is InChI=1S/C21H21F2NO3/c1-13(15-10-9-14-5-2-3-6-16(14)11-15)24-19(25)12-27-21(26)20-17(22)7-4-8-18(20)23/h4,7-11,13H,2-3,5-6,12H2,1H3,(H,24,25)/t13-/m0/s1. The molecule has 2 aromatic rings. The smallest absolute Gasteiger partial charge is 0.344 e. The van der Waals surface area contributed by atoms with E-state index in [0.29, 0.717) is 0 Å². The average Bonchev–Trinajstić information content (AvgIpc) is 2.65. The maximum absolute atomic E-state index is 13.6. The van der Waals surface area contributed by atoms with Crippen molar-refractivity contribution in [3.05, 3.63) is 70.3 Å². The first-order chi connectivity index (χ1) is 13.0. The summed E-state index contributed by atoms with van der Waals surface area (Å²) in [5, 5.41) is 2.74. The van der Waals surface area contributed by atoms with Gasteiger partial charge in [-0.05, 0) is 61.4 Å². The second-order valence-electron chi connectivity index (χ2n) is 6.70. The minimum atomic E-state index is -1.21. The highest BCUT2D eigenvalue weighted by molar-refractivity contribution is 5.91. The molecule has 0 aromatic heterocycles. The highest BCUT2D eigenvalue weighted by atomic mass is 19.1. The molecule has 6 heteroatoms. The van der Waals surface area contributed by atoms with Crippen LogP contribution in [0.15, 0.2) is 36.4 Å². The number of nitrogens with one attached hydrogen (secondary N) is 1. The van der Waals surface area contributed by atoms with Crippen LogP contribution in [0.3, 0.4) is 0 Å². The summed E-state index contributed by atoms with van der Waals surface area (Å²) in [6, 6.07) is 8.96. The number of aryl methyl sites for hydroxylation is 2. The van der Waals surface area contributed by atoms with E-state index in [4.69, 9.17) is 4.74 Å². The fourth-order valence-corrected chi connectivity index (χ4v) is 3.29. The molecule has 1 amide bonds. The fraction of sp³-hybridized carbons (Fsp3) is 0.333. The van der Waals surface area contributed by atoms with Gasteiger partial charge >= 0.3 is 5.97 Å². The molecule has 0 bridgehead atoms. The van der Waals surface area contributed by atoms with E-state index in [1.54, 1.807) is 0 Å². The summed E-state index contributed by atoms with van der Waals surface area (Å²) in [5.41, 5.74) is 2.83. The van der Waals surface area contributed by atoms with Gasteiger partial charge in [-0.15, -0.1) is 0 Å².